The minimum Gasteiger partial charge on any atom is -0.497 e. The zero-order valence-corrected chi connectivity index (χ0v) is 17.5. The van der Waals surface area contributed by atoms with Gasteiger partial charge in [0.15, 0.2) is 5.70 Å². The Hall–Kier alpha value is -2.99. The summed E-state index contributed by atoms with van der Waals surface area (Å²) in [6.45, 7) is 4.94. The van der Waals surface area contributed by atoms with E-state index in [2.05, 4.69) is 29.0 Å². The number of thioether (sulfide) groups is 1. The Labute approximate surface area is 174 Å². The molecule has 148 valence electrons. The van der Waals surface area contributed by atoms with Gasteiger partial charge in [-0.3, -0.25) is 0 Å². The second-order valence-corrected chi connectivity index (χ2v) is 7.62. The third-order valence-electron chi connectivity index (χ3n) is 4.85. The topological polar surface area (TPSA) is 51.1 Å². The molecular weight excluding hydrogens is 384 g/mol. The van der Waals surface area contributed by atoms with Crippen molar-refractivity contribution in [3.63, 3.8) is 0 Å². The van der Waals surface area contributed by atoms with Gasteiger partial charge in [0.1, 0.15) is 5.75 Å². The third-order valence-corrected chi connectivity index (χ3v) is 5.97. The number of ether oxygens (including phenoxy) is 2. The second-order valence-electron chi connectivity index (χ2n) is 6.56. The largest absolute Gasteiger partial charge is 0.497 e. The van der Waals surface area contributed by atoms with Gasteiger partial charge in [0, 0.05) is 23.1 Å². The van der Waals surface area contributed by atoms with Crippen molar-refractivity contribution in [2.24, 2.45) is 4.99 Å². The Bertz CT molecular complexity index is 1040. The van der Waals surface area contributed by atoms with Gasteiger partial charge in [0.25, 0.3) is 0 Å². The van der Waals surface area contributed by atoms with Gasteiger partial charge in [-0.1, -0.05) is 36.9 Å². The van der Waals surface area contributed by atoms with Crippen molar-refractivity contribution in [2.45, 2.75) is 25.2 Å². The van der Waals surface area contributed by atoms with Gasteiger partial charge < -0.3 is 14.4 Å². The average Bonchev–Trinajstić information content (AvgIpc) is 3.31. The molecule has 5 nitrogen and oxygen atoms in total. The summed E-state index contributed by atoms with van der Waals surface area (Å²) in [4.78, 5) is 20.4. The van der Waals surface area contributed by atoms with Crippen molar-refractivity contribution >= 4 is 29.3 Å². The molecule has 0 aliphatic carbocycles. The molecule has 0 spiro atoms. The van der Waals surface area contributed by atoms with E-state index in [-0.39, 0.29) is 0 Å². The number of cyclic esters (lactones) is 1. The maximum absolute atomic E-state index is 12.5. The molecule has 2 aromatic carbocycles. The van der Waals surface area contributed by atoms with E-state index in [1.807, 2.05) is 49.4 Å². The van der Waals surface area contributed by atoms with Gasteiger partial charge in [-0.25, -0.2) is 9.79 Å². The first-order valence-corrected chi connectivity index (χ1v) is 10.4. The van der Waals surface area contributed by atoms with Crippen LogP contribution in [0.4, 0.5) is 5.69 Å². The molecule has 0 aromatic heterocycles. The van der Waals surface area contributed by atoms with Crippen molar-refractivity contribution in [2.75, 3.05) is 18.6 Å². The van der Waals surface area contributed by atoms with E-state index in [0.29, 0.717) is 18.0 Å². The number of hydrogen-bond donors (Lipinski definition) is 0. The molecule has 2 aromatic rings. The zero-order valence-electron chi connectivity index (χ0n) is 16.6. The number of nitrogens with zero attached hydrogens (tertiary/aromatic N) is 2. The lowest BCUT2D eigenvalue weighted by molar-refractivity contribution is -0.130. The highest BCUT2D eigenvalue weighted by atomic mass is 32.2. The number of fused-ring (bicyclic) bond motifs is 1. The lowest BCUT2D eigenvalue weighted by Gasteiger charge is -2.19. The van der Waals surface area contributed by atoms with Crippen LogP contribution in [-0.4, -0.2) is 25.5 Å². The number of allylic oxidation sites excluding steroid dienone is 2. The molecule has 6 heteroatoms. The summed E-state index contributed by atoms with van der Waals surface area (Å²) in [5.74, 6) is 0.784. The highest BCUT2D eigenvalue weighted by Crippen LogP contribution is 2.47. The molecule has 2 aliphatic heterocycles. The maximum atomic E-state index is 12.5. The smallest absolute Gasteiger partial charge is 0.364 e. The second kappa shape index (κ2) is 8.17. The first kappa shape index (κ1) is 19.3. The predicted octanol–water partition coefficient (Wildman–Crippen LogP) is 5.14. The standard InChI is InChI=1S/C23H22N2O3S/c1-4-15(21-23(26)28-22(24-21)16-9-7-6-8-10-16)13-20-25(5-2)18-14-17(27-3)11-12-19(18)29-20/h6-14H,4-5H2,1-3H3/b20-13-,21-15+. The van der Waals surface area contributed by atoms with E-state index in [1.165, 1.54) is 4.90 Å². The van der Waals surface area contributed by atoms with Crippen LogP contribution in [0, 0.1) is 0 Å². The lowest BCUT2D eigenvalue weighted by Crippen LogP contribution is -2.16. The molecule has 2 aliphatic rings. The van der Waals surface area contributed by atoms with Crippen LogP contribution < -0.4 is 9.64 Å². The Morgan fingerprint density at radius 1 is 1.21 bits per heavy atom. The summed E-state index contributed by atoms with van der Waals surface area (Å²) in [7, 11) is 1.67. The zero-order chi connectivity index (χ0) is 20.4. The summed E-state index contributed by atoms with van der Waals surface area (Å²) in [5.41, 5.74) is 3.15. The molecule has 0 fully saturated rings. The van der Waals surface area contributed by atoms with Crippen LogP contribution >= 0.6 is 11.8 Å². The summed E-state index contributed by atoms with van der Waals surface area (Å²) in [6, 6.07) is 15.6. The summed E-state index contributed by atoms with van der Waals surface area (Å²) >= 11 is 1.69. The van der Waals surface area contributed by atoms with Crippen LogP contribution in [-0.2, 0) is 9.53 Å². The summed E-state index contributed by atoms with van der Waals surface area (Å²) in [6.07, 6.45) is 2.73. The van der Waals surface area contributed by atoms with E-state index in [9.17, 15) is 4.79 Å². The lowest BCUT2D eigenvalue weighted by atomic mass is 10.1. The number of methoxy groups -OCH3 is 1. The van der Waals surface area contributed by atoms with Gasteiger partial charge in [0.05, 0.1) is 17.8 Å². The SMILES string of the molecule is CCC(/C=C1\Sc2ccc(OC)cc2N1CC)=C1\N=C(c2ccccc2)OC1=O. The molecule has 0 saturated heterocycles. The fraction of sp³-hybridized carbons (Fsp3) is 0.217. The number of carbonyl (C=O) groups is 1. The molecule has 0 atom stereocenters. The monoisotopic (exact) mass is 406 g/mol. The molecular formula is C23H22N2O3S. The van der Waals surface area contributed by atoms with Crippen molar-refractivity contribution in [3.8, 4) is 5.75 Å². The summed E-state index contributed by atoms with van der Waals surface area (Å²) < 4.78 is 10.8. The molecule has 0 radical (unpaired) electrons. The number of carbonyl (C=O) groups excluding carboxylic acids is 1. The quantitative estimate of drug-likeness (QED) is 0.509. The van der Waals surface area contributed by atoms with Crippen molar-refractivity contribution in [1.29, 1.82) is 0 Å². The van der Waals surface area contributed by atoms with Crippen LogP contribution in [0.5, 0.6) is 5.75 Å². The van der Waals surface area contributed by atoms with E-state index in [0.717, 1.165) is 34.1 Å². The first-order valence-electron chi connectivity index (χ1n) is 9.59. The van der Waals surface area contributed by atoms with Gasteiger partial charge >= 0.3 is 5.97 Å². The number of anilines is 1. The normalized spacial score (nSPS) is 18.6. The van der Waals surface area contributed by atoms with Crippen molar-refractivity contribution in [1.82, 2.24) is 0 Å². The van der Waals surface area contributed by atoms with E-state index < -0.39 is 5.97 Å². The number of aliphatic imine (C=N–C) groups is 1. The van der Waals surface area contributed by atoms with Crippen LogP contribution in [0.15, 0.2) is 80.8 Å². The van der Waals surface area contributed by atoms with Crippen molar-refractivity contribution < 1.29 is 14.3 Å². The minimum absolute atomic E-state index is 0.356. The molecule has 29 heavy (non-hydrogen) atoms. The average molecular weight is 407 g/mol. The highest BCUT2D eigenvalue weighted by Gasteiger charge is 2.29. The molecule has 0 bridgehead atoms. The van der Waals surface area contributed by atoms with E-state index >= 15 is 0 Å². The maximum Gasteiger partial charge on any atom is 0.364 e. The molecule has 0 N–H and O–H groups in total. The fourth-order valence-corrected chi connectivity index (χ4v) is 4.52. The van der Waals surface area contributed by atoms with Gasteiger partial charge in [-0.15, -0.1) is 0 Å². The molecule has 0 saturated carbocycles. The fourth-order valence-electron chi connectivity index (χ4n) is 3.34. The molecule has 0 amide bonds. The first-order chi connectivity index (χ1) is 14.1. The molecule has 0 unspecified atom stereocenters. The highest BCUT2D eigenvalue weighted by molar-refractivity contribution is 8.03. The van der Waals surface area contributed by atoms with E-state index in [4.69, 9.17) is 9.47 Å². The Morgan fingerprint density at radius 3 is 2.69 bits per heavy atom. The van der Waals surface area contributed by atoms with E-state index in [1.54, 1.807) is 18.9 Å². The number of benzene rings is 2. The number of hydrogen-bond acceptors (Lipinski definition) is 6. The van der Waals surface area contributed by atoms with Crippen LogP contribution in [0.2, 0.25) is 0 Å². The van der Waals surface area contributed by atoms with Crippen LogP contribution in [0.3, 0.4) is 0 Å². The summed E-state index contributed by atoms with van der Waals surface area (Å²) in [5, 5.41) is 1.07. The van der Waals surface area contributed by atoms with Crippen LogP contribution in [0.25, 0.3) is 0 Å². The number of rotatable bonds is 5. The van der Waals surface area contributed by atoms with Gasteiger partial charge in [-0.05, 0) is 49.3 Å². The van der Waals surface area contributed by atoms with Gasteiger partial charge in [-0.2, -0.15) is 0 Å². The Morgan fingerprint density at radius 2 is 2.00 bits per heavy atom. The molecule has 2 heterocycles. The van der Waals surface area contributed by atoms with Gasteiger partial charge in [0.2, 0.25) is 5.90 Å². The van der Waals surface area contributed by atoms with Crippen molar-refractivity contribution in [3.05, 3.63) is 76.5 Å². The predicted molar refractivity (Wildman–Crippen MR) is 116 cm³/mol. The Balaban J connectivity index is 1.72. The Kier molecular flexibility index (Phi) is 5.45. The third kappa shape index (κ3) is 3.68. The van der Waals surface area contributed by atoms with Crippen LogP contribution in [0.1, 0.15) is 25.8 Å². The minimum atomic E-state index is -0.400. The number of esters is 1. The molecule has 4 rings (SSSR count).